The van der Waals surface area contributed by atoms with Gasteiger partial charge in [-0.05, 0) is 6.42 Å². The highest BCUT2D eigenvalue weighted by Crippen LogP contribution is 2.15. The Bertz CT molecular complexity index is 119. The van der Waals surface area contributed by atoms with Gasteiger partial charge in [-0.25, -0.2) is 0 Å². The van der Waals surface area contributed by atoms with Crippen LogP contribution in [0.4, 0.5) is 0 Å². The monoisotopic (exact) mass is 200 g/mol. The molecule has 1 saturated heterocycles. The zero-order chi connectivity index (χ0) is 10.1. The number of hydrogen-bond acceptors (Lipinski definition) is 2. The molecule has 0 atom stereocenters. The number of hydrogen-bond donors (Lipinski definition) is 0. The van der Waals surface area contributed by atoms with Crippen LogP contribution in [0.25, 0.3) is 0 Å². The predicted octanol–water partition coefficient (Wildman–Crippen LogP) is 3.36. The summed E-state index contributed by atoms with van der Waals surface area (Å²) in [5.41, 5.74) is 0. The quantitative estimate of drug-likeness (QED) is 0.587. The fraction of sp³-hybridized carbons (Fsp3) is 1.00. The topological polar surface area (TPSA) is 18.5 Å². The van der Waals surface area contributed by atoms with E-state index in [0.717, 1.165) is 13.2 Å². The van der Waals surface area contributed by atoms with Gasteiger partial charge in [0.2, 0.25) is 0 Å². The Hall–Kier alpha value is -0.0800. The van der Waals surface area contributed by atoms with Gasteiger partial charge in [-0.2, -0.15) is 0 Å². The van der Waals surface area contributed by atoms with E-state index in [9.17, 15) is 0 Å². The van der Waals surface area contributed by atoms with E-state index in [4.69, 9.17) is 9.47 Å². The molecule has 1 fully saturated rings. The van der Waals surface area contributed by atoms with Gasteiger partial charge in [-0.1, -0.05) is 45.4 Å². The van der Waals surface area contributed by atoms with Crippen molar-refractivity contribution in [2.45, 2.75) is 51.9 Å². The summed E-state index contributed by atoms with van der Waals surface area (Å²) < 4.78 is 10.5. The third kappa shape index (κ3) is 5.61. The molecule has 84 valence electrons. The van der Waals surface area contributed by atoms with Crippen LogP contribution in [0, 0.1) is 5.92 Å². The summed E-state index contributed by atoms with van der Waals surface area (Å²) in [6.45, 7) is 4.59. The summed E-state index contributed by atoms with van der Waals surface area (Å²) in [6.07, 6.45) is 9.57. The molecule has 0 aromatic heterocycles. The molecular formula is C12H24O2. The Labute approximate surface area is 88.0 Å². The van der Waals surface area contributed by atoms with Gasteiger partial charge < -0.3 is 9.47 Å². The Kier molecular flexibility index (Phi) is 7.06. The number of unbranched alkanes of at least 4 members (excludes halogenated alkanes) is 5. The van der Waals surface area contributed by atoms with Gasteiger partial charge in [0.15, 0.2) is 0 Å². The average Bonchev–Trinajstić information content (AvgIpc) is 2.25. The lowest BCUT2D eigenvalue weighted by Crippen LogP contribution is -2.23. The van der Waals surface area contributed by atoms with Gasteiger partial charge in [0.25, 0.3) is 0 Å². The van der Waals surface area contributed by atoms with E-state index in [-0.39, 0.29) is 0 Å². The Morgan fingerprint density at radius 3 is 2.29 bits per heavy atom. The molecule has 14 heavy (non-hydrogen) atoms. The van der Waals surface area contributed by atoms with Crippen molar-refractivity contribution < 1.29 is 9.47 Å². The zero-order valence-electron chi connectivity index (χ0n) is 9.46. The van der Waals surface area contributed by atoms with Gasteiger partial charge in [0, 0.05) is 5.92 Å². The normalized spacial score (nSPS) is 18.6. The first kappa shape index (κ1) is 12.0. The van der Waals surface area contributed by atoms with Crippen LogP contribution >= 0.6 is 0 Å². The second-order valence-electron chi connectivity index (χ2n) is 4.28. The maximum absolute atomic E-state index is 5.26. The van der Waals surface area contributed by atoms with Gasteiger partial charge >= 0.3 is 0 Å². The summed E-state index contributed by atoms with van der Waals surface area (Å²) >= 11 is 0. The predicted molar refractivity (Wildman–Crippen MR) is 58.3 cm³/mol. The summed E-state index contributed by atoms with van der Waals surface area (Å²) in [4.78, 5) is 0. The van der Waals surface area contributed by atoms with Crippen LogP contribution in [0.15, 0.2) is 0 Å². The zero-order valence-corrected chi connectivity index (χ0v) is 9.46. The van der Waals surface area contributed by atoms with Crippen molar-refractivity contribution in [3.63, 3.8) is 0 Å². The van der Waals surface area contributed by atoms with Crippen molar-refractivity contribution in [1.82, 2.24) is 0 Å². The lowest BCUT2D eigenvalue weighted by Gasteiger charge is -2.22. The molecule has 0 aromatic rings. The molecule has 0 N–H and O–H groups in total. The van der Waals surface area contributed by atoms with E-state index in [1.807, 2.05) is 0 Å². The molecule has 0 unspecified atom stereocenters. The molecule has 0 saturated carbocycles. The second kappa shape index (κ2) is 8.25. The summed E-state index contributed by atoms with van der Waals surface area (Å²) in [5, 5.41) is 0. The first-order chi connectivity index (χ1) is 6.93. The highest BCUT2D eigenvalue weighted by atomic mass is 16.7. The van der Waals surface area contributed by atoms with Crippen LogP contribution in [0.2, 0.25) is 0 Å². The Morgan fingerprint density at radius 1 is 0.929 bits per heavy atom. The summed E-state index contributed by atoms with van der Waals surface area (Å²) in [6, 6.07) is 0. The molecule has 2 nitrogen and oxygen atoms in total. The molecular weight excluding hydrogens is 176 g/mol. The van der Waals surface area contributed by atoms with E-state index >= 15 is 0 Å². The van der Waals surface area contributed by atoms with Crippen LogP contribution < -0.4 is 0 Å². The molecule has 0 bridgehead atoms. The van der Waals surface area contributed by atoms with Crippen LogP contribution in [-0.4, -0.2) is 20.0 Å². The van der Waals surface area contributed by atoms with Crippen molar-refractivity contribution in [2.24, 2.45) is 5.92 Å². The molecule has 1 heterocycles. The summed E-state index contributed by atoms with van der Waals surface area (Å²) in [7, 11) is 0. The first-order valence-corrected chi connectivity index (χ1v) is 6.09. The number of ether oxygens (including phenoxy) is 2. The van der Waals surface area contributed by atoms with Gasteiger partial charge in [0.1, 0.15) is 6.79 Å². The van der Waals surface area contributed by atoms with Gasteiger partial charge in [-0.3, -0.25) is 0 Å². The van der Waals surface area contributed by atoms with E-state index < -0.39 is 0 Å². The fourth-order valence-corrected chi connectivity index (χ4v) is 1.92. The van der Waals surface area contributed by atoms with Crippen LogP contribution in [-0.2, 0) is 9.47 Å². The third-order valence-corrected chi connectivity index (χ3v) is 2.84. The van der Waals surface area contributed by atoms with E-state index in [1.165, 1.54) is 44.9 Å². The molecule has 2 heteroatoms. The van der Waals surface area contributed by atoms with E-state index in [2.05, 4.69) is 6.92 Å². The minimum Gasteiger partial charge on any atom is -0.355 e. The van der Waals surface area contributed by atoms with Gasteiger partial charge in [0.05, 0.1) is 13.2 Å². The second-order valence-corrected chi connectivity index (χ2v) is 4.28. The smallest absolute Gasteiger partial charge is 0.146 e. The molecule has 1 aliphatic rings. The molecule has 0 aliphatic carbocycles. The van der Waals surface area contributed by atoms with Crippen molar-refractivity contribution in [1.29, 1.82) is 0 Å². The average molecular weight is 200 g/mol. The van der Waals surface area contributed by atoms with Crippen molar-refractivity contribution in [3.8, 4) is 0 Å². The van der Waals surface area contributed by atoms with Crippen molar-refractivity contribution in [2.75, 3.05) is 20.0 Å². The van der Waals surface area contributed by atoms with Crippen LogP contribution in [0.1, 0.15) is 51.9 Å². The van der Waals surface area contributed by atoms with Crippen LogP contribution in [0.5, 0.6) is 0 Å². The first-order valence-electron chi connectivity index (χ1n) is 6.09. The lowest BCUT2D eigenvalue weighted by atomic mass is 10.0. The maximum atomic E-state index is 5.26. The standard InChI is InChI=1S/C12H24O2/c1-2-3-4-5-6-7-8-12-9-13-11-14-10-12/h12H,2-11H2,1H3. The minimum absolute atomic E-state index is 0.507. The van der Waals surface area contributed by atoms with Crippen LogP contribution in [0.3, 0.4) is 0 Å². The highest BCUT2D eigenvalue weighted by Gasteiger charge is 2.13. The molecule has 1 aliphatic heterocycles. The molecule has 0 aromatic carbocycles. The number of rotatable bonds is 7. The van der Waals surface area contributed by atoms with Crippen molar-refractivity contribution in [3.05, 3.63) is 0 Å². The van der Waals surface area contributed by atoms with E-state index in [1.54, 1.807) is 0 Å². The Balaban J connectivity index is 1.82. The lowest BCUT2D eigenvalue weighted by molar-refractivity contribution is -0.127. The molecule has 0 amide bonds. The van der Waals surface area contributed by atoms with Gasteiger partial charge in [-0.15, -0.1) is 0 Å². The SMILES string of the molecule is CCCCCCCCC1COCOC1. The third-order valence-electron chi connectivity index (χ3n) is 2.84. The maximum Gasteiger partial charge on any atom is 0.146 e. The highest BCUT2D eigenvalue weighted by molar-refractivity contribution is 4.59. The largest absolute Gasteiger partial charge is 0.355 e. The van der Waals surface area contributed by atoms with E-state index in [0.29, 0.717) is 12.7 Å². The van der Waals surface area contributed by atoms with Crippen molar-refractivity contribution >= 4 is 0 Å². The minimum atomic E-state index is 0.507. The Morgan fingerprint density at radius 2 is 1.57 bits per heavy atom. The molecule has 0 spiro atoms. The molecule has 0 radical (unpaired) electrons. The molecule has 1 rings (SSSR count). The summed E-state index contributed by atoms with van der Waals surface area (Å²) in [5.74, 6) is 0.662. The fourth-order valence-electron chi connectivity index (χ4n) is 1.92.